The van der Waals surface area contributed by atoms with E-state index in [0.717, 1.165) is 6.07 Å². The van der Waals surface area contributed by atoms with Crippen molar-refractivity contribution in [3.63, 3.8) is 0 Å². The molecule has 0 bridgehead atoms. The third-order valence-electron chi connectivity index (χ3n) is 2.51. The highest BCUT2D eigenvalue weighted by molar-refractivity contribution is 6.33. The molecule has 0 spiro atoms. The minimum Gasteiger partial charge on any atom is -0.255 e. The summed E-state index contributed by atoms with van der Waals surface area (Å²) in [5.41, 5.74) is -0.300. The molecule has 0 aliphatic carbocycles. The first-order valence-electron chi connectivity index (χ1n) is 5.79. The normalized spacial score (nSPS) is 11.9. The summed E-state index contributed by atoms with van der Waals surface area (Å²) in [5.74, 6) is 0.122. The lowest BCUT2D eigenvalue weighted by Gasteiger charge is -2.14. The van der Waals surface area contributed by atoms with Crippen LogP contribution in [0.2, 0.25) is 5.02 Å². The van der Waals surface area contributed by atoms with Crippen LogP contribution in [0.25, 0.3) is 0 Å². The lowest BCUT2D eigenvalue weighted by atomic mass is 10.3. The molecule has 0 aromatic carbocycles. The molecule has 0 saturated carbocycles. The molecule has 2 rings (SSSR count). The van der Waals surface area contributed by atoms with E-state index < -0.39 is 11.7 Å². The van der Waals surface area contributed by atoms with Gasteiger partial charge in [-0.3, -0.25) is 4.98 Å². The number of hydrogen-bond donors (Lipinski definition) is 0. The van der Waals surface area contributed by atoms with E-state index >= 15 is 0 Å². The molecule has 0 amide bonds. The van der Waals surface area contributed by atoms with Crippen molar-refractivity contribution in [2.75, 3.05) is 12.1 Å². The van der Waals surface area contributed by atoms with Crippen LogP contribution in [-0.4, -0.2) is 23.2 Å². The quantitative estimate of drug-likeness (QED) is 0.642. The second kappa shape index (κ2) is 6.09. The van der Waals surface area contributed by atoms with Crippen molar-refractivity contribution in [1.29, 1.82) is 0 Å². The number of anilines is 1. The van der Waals surface area contributed by atoms with Gasteiger partial charge >= 0.3 is 6.18 Å². The number of pyridine rings is 2. The Kier molecular flexibility index (Phi) is 4.42. The summed E-state index contributed by atoms with van der Waals surface area (Å²) in [4.78, 5) is 7.73. The Labute approximate surface area is 123 Å². The first-order valence-corrected chi connectivity index (χ1v) is 6.17. The van der Waals surface area contributed by atoms with Crippen molar-refractivity contribution in [1.82, 2.24) is 9.97 Å². The van der Waals surface area contributed by atoms with Gasteiger partial charge in [-0.25, -0.2) is 9.99 Å². The SMILES string of the molecule is CN(/N=C/c1ccccn1)c1ncc(C(F)(F)F)cc1Cl. The first-order chi connectivity index (χ1) is 9.88. The molecule has 2 heterocycles. The molecule has 110 valence electrons. The van der Waals surface area contributed by atoms with Crippen molar-refractivity contribution in [2.24, 2.45) is 5.10 Å². The molecule has 0 unspecified atom stereocenters. The molecule has 0 fully saturated rings. The van der Waals surface area contributed by atoms with Gasteiger partial charge in [-0.1, -0.05) is 17.7 Å². The van der Waals surface area contributed by atoms with Crippen LogP contribution < -0.4 is 5.01 Å². The molecule has 4 nitrogen and oxygen atoms in total. The van der Waals surface area contributed by atoms with Gasteiger partial charge in [-0.05, 0) is 18.2 Å². The van der Waals surface area contributed by atoms with E-state index in [1.165, 1.54) is 18.3 Å². The van der Waals surface area contributed by atoms with E-state index in [9.17, 15) is 13.2 Å². The van der Waals surface area contributed by atoms with Gasteiger partial charge in [-0.15, -0.1) is 0 Å². The molecule has 0 saturated heterocycles. The molecular formula is C13H10ClF3N4. The van der Waals surface area contributed by atoms with E-state index in [1.807, 2.05) is 0 Å². The van der Waals surface area contributed by atoms with Gasteiger partial charge in [0.2, 0.25) is 0 Å². The molecule has 0 aliphatic rings. The van der Waals surface area contributed by atoms with Crippen LogP contribution >= 0.6 is 11.6 Å². The predicted octanol–water partition coefficient (Wildman–Crippen LogP) is 3.62. The van der Waals surface area contributed by atoms with Crippen molar-refractivity contribution in [2.45, 2.75) is 6.18 Å². The van der Waals surface area contributed by atoms with Gasteiger partial charge in [0.15, 0.2) is 5.82 Å². The van der Waals surface area contributed by atoms with E-state index in [2.05, 4.69) is 15.1 Å². The fourth-order valence-corrected chi connectivity index (χ4v) is 1.77. The minimum atomic E-state index is -4.48. The summed E-state index contributed by atoms with van der Waals surface area (Å²) in [6.07, 6.45) is -0.709. The highest BCUT2D eigenvalue weighted by atomic mass is 35.5. The van der Waals surface area contributed by atoms with E-state index in [0.29, 0.717) is 11.9 Å². The predicted molar refractivity (Wildman–Crippen MR) is 74.5 cm³/mol. The molecule has 8 heteroatoms. The number of nitrogens with zero attached hydrogens (tertiary/aromatic N) is 4. The maximum atomic E-state index is 12.5. The van der Waals surface area contributed by atoms with Crippen molar-refractivity contribution in [3.05, 3.63) is 52.9 Å². The number of aromatic nitrogens is 2. The smallest absolute Gasteiger partial charge is 0.255 e. The van der Waals surface area contributed by atoms with Gasteiger partial charge < -0.3 is 0 Å². The monoisotopic (exact) mass is 314 g/mol. The second-order valence-electron chi connectivity index (χ2n) is 4.05. The Balaban J connectivity index is 2.20. The van der Waals surface area contributed by atoms with E-state index in [1.54, 1.807) is 24.4 Å². The number of alkyl halides is 3. The molecule has 0 aliphatic heterocycles. The van der Waals surface area contributed by atoms with Gasteiger partial charge in [0.1, 0.15) is 0 Å². The summed E-state index contributed by atoms with van der Waals surface area (Å²) in [6.45, 7) is 0. The zero-order valence-corrected chi connectivity index (χ0v) is 11.6. The second-order valence-corrected chi connectivity index (χ2v) is 4.46. The molecule has 0 atom stereocenters. The van der Waals surface area contributed by atoms with Crippen LogP contribution in [0.1, 0.15) is 11.3 Å². The average molecular weight is 315 g/mol. The maximum Gasteiger partial charge on any atom is 0.417 e. The number of hydrogen-bond acceptors (Lipinski definition) is 4. The van der Waals surface area contributed by atoms with Crippen LogP contribution in [0.4, 0.5) is 19.0 Å². The van der Waals surface area contributed by atoms with Crippen LogP contribution in [0.5, 0.6) is 0 Å². The van der Waals surface area contributed by atoms with Crippen LogP contribution in [0.3, 0.4) is 0 Å². The topological polar surface area (TPSA) is 41.4 Å². The largest absolute Gasteiger partial charge is 0.417 e. The van der Waals surface area contributed by atoms with Gasteiger partial charge in [0.05, 0.1) is 22.5 Å². The van der Waals surface area contributed by atoms with Gasteiger partial charge in [0, 0.05) is 19.4 Å². The van der Waals surface area contributed by atoms with E-state index in [4.69, 9.17) is 11.6 Å². The summed E-state index contributed by atoms with van der Waals surface area (Å²) in [6, 6.07) is 6.10. The summed E-state index contributed by atoms with van der Waals surface area (Å²) in [5, 5.41) is 5.18. The standard InChI is InChI=1S/C13H10ClF3N4/c1-21(20-8-10-4-2-3-5-18-10)12-11(14)6-9(7-19-12)13(15,16)17/h2-8H,1H3/b20-8+. The van der Waals surface area contributed by atoms with Crippen LogP contribution in [0, 0.1) is 0 Å². The molecule has 2 aromatic heterocycles. The third kappa shape index (κ3) is 3.91. The number of rotatable bonds is 3. The Morgan fingerprint density at radius 1 is 1.29 bits per heavy atom. The summed E-state index contributed by atoms with van der Waals surface area (Å²) < 4.78 is 37.6. The lowest BCUT2D eigenvalue weighted by Crippen LogP contribution is -2.13. The molecule has 0 N–H and O–H groups in total. The van der Waals surface area contributed by atoms with Crippen LogP contribution in [-0.2, 0) is 6.18 Å². The summed E-state index contributed by atoms with van der Waals surface area (Å²) >= 11 is 5.82. The summed E-state index contributed by atoms with van der Waals surface area (Å²) in [7, 11) is 1.53. The highest BCUT2D eigenvalue weighted by Crippen LogP contribution is 2.33. The fourth-order valence-electron chi connectivity index (χ4n) is 1.48. The third-order valence-corrected chi connectivity index (χ3v) is 2.78. The Morgan fingerprint density at radius 3 is 2.62 bits per heavy atom. The molecule has 2 aromatic rings. The minimum absolute atomic E-state index is 0.122. The van der Waals surface area contributed by atoms with Gasteiger partial charge in [-0.2, -0.15) is 18.3 Å². The Hall–Kier alpha value is -2.15. The van der Waals surface area contributed by atoms with Gasteiger partial charge in [0.25, 0.3) is 0 Å². The number of hydrazone groups is 1. The van der Waals surface area contributed by atoms with E-state index in [-0.39, 0.29) is 10.8 Å². The van der Waals surface area contributed by atoms with Crippen molar-refractivity contribution >= 4 is 23.6 Å². The zero-order chi connectivity index (χ0) is 15.5. The Bertz CT molecular complexity index is 644. The zero-order valence-electron chi connectivity index (χ0n) is 10.8. The highest BCUT2D eigenvalue weighted by Gasteiger charge is 2.31. The molecule has 21 heavy (non-hydrogen) atoms. The van der Waals surface area contributed by atoms with Crippen LogP contribution in [0.15, 0.2) is 41.8 Å². The molecule has 0 radical (unpaired) electrons. The van der Waals surface area contributed by atoms with Crippen molar-refractivity contribution in [3.8, 4) is 0 Å². The average Bonchev–Trinajstić information content (AvgIpc) is 2.45. The molecular weight excluding hydrogens is 305 g/mol. The van der Waals surface area contributed by atoms with Crippen molar-refractivity contribution < 1.29 is 13.2 Å². The lowest BCUT2D eigenvalue weighted by molar-refractivity contribution is -0.137. The first kappa shape index (κ1) is 15.2. The maximum absolute atomic E-state index is 12.5. The Morgan fingerprint density at radius 2 is 2.05 bits per heavy atom. The fraction of sp³-hybridized carbons (Fsp3) is 0.154. The number of halogens is 4.